The lowest BCUT2D eigenvalue weighted by atomic mass is 10.2. The zero-order chi connectivity index (χ0) is 23.4. The summed E-state index contributed by atoms with van der Waals surface area (Å²) in [6.07, 6.45) is 0.866. The number of benzene rings is 2. The zero-order valence-corrected chi connectivity index (χ0v) is 19.3. The normalized spacial score (nSPS) is 19.3. The summed E-state index contributed by atoms with van der Waals surface area (Å²) in [5, 5.41) is 0. The van der Waals surface area contributed by atoms with Crippen LogP contribution in [0.2, 0.25) is 0 Å². The molecule has 0 N–H and O–H groups in total. The van der Waals surface area contributed by atoms with Gasteiger partial charge in [0.25, 0.3) is 0 Å². The lowest BCUT2D eigenvalue weighted by molar-refractivity contribution is 0.122. The first-order valence-electron chi connectivity index (χ1n) is 11.2. The summed E-state index contributed by atoms with van der Waals surface area (Å²) in [7, 11) is 0. The molecule has 0 radical (unpaired) electrons. The third-order valence-corrected chi connectivity index (χ3v) is 5.32. The molecule has 176 valence electrons. The van der Waals surface area contributed by atoms with Gasteiger partial charge >= 0.3 is 6.09 Å². The van der Waals surface area contributed by atoms with Gasteiger partial charge in [-0.3, -0.25) is 9.89 Å². The number of aliphatic imine (C=N–C) groups is 1. The van der Waals surface area contributed by atoms with Crippen molar-refractivity contribution in [1.82, 2.24) is 0 Å². The average Bonchev–Trinajstić information content (AvgIpc) is 3.15. The van der Waals surface area contributed by atoms with Crippen LogP contribution in [0, 0.1) is 5.82 Å². The van der Waals surface area contributed by atoms with Gasteiger partial charge in [-0.25, -0.2) is 9.18 Å². The summed E-state index contributed by atoms with van der Waals surface area (Å²) >= 11 is 0. The predicted octanol–water partition coefficient (Wildman–Crippen LogP) is 4.28. The number of hydrogen-bond donors (Lipinski definition) is 0. The number of cyclic esters (lactones) is 1. The van der Waals surface area contributed by atoms with E-state index in [0.29, 0.717) is 50.8 Å². The molecule has 2 aromatic rings. The number of halogens is 1. The SMILES string of the molecule is CC(C)(C)Oc1ccc(C=NC[C@H]2CN(c3ccc(N4CCOCC4)c(F)c3)C(=O)O2)cc1. The molecule has 2 heterocycles. The first-order chi connectivity index (χ1) is 15.8. The van der Waals surface area contributed by atoms with E-state index in [1.165, 1.54) is 11.0 Å². The van der Waals surface area contributed by atoms with E-state index in [-0.39, 0.29) is 17.5 Å². The van der Waals surface area contributed by atoms with E-state index in [1.807, 2.05) is 49.9 Å². The largest absolute Gasteiger partial charge is 0.488 e. The molecule has 0 saturated carbocycles. The van der Waals surface area contributed by atoms with Crippen LogP contribution in [0.4, 0.5) is 20.6 Å². The second-order valence-electron chi connectivity index (χ2n) is 9.13. The Morgan fingerprint density at radius 3 is 2.55 bits per heavy atom. The Balaban J connectivity index is 1.33. The molecule has 2 aliphatic rings. The summed E-state index contributed by atoms with van der Waals surface area (Å²) in [6, 6.07) is 12.5. The first kappa shape index (κ1) is 23.0. The lowest BCUT2D eigenvalue weighted by Gasteiger charge is -2.29. The Kier molecular flexibility index (Phi) is 6.83. The number of ether oxygens (including phenoxy) is 3. The molecule has 0 bridgehead atoms. The lowest BCUT2D eigenvalue weighted by Crippen LogP contribution is -2.36. The van der Waals surface area contributed by atoms with E-state index >= 15 is 0 Å². The Labute approximate surface area is 193 Å². The first-order valence-corrected chi connectivity index (χ1v) is 11.2. The van der Waals surface area contributed by atoms with Gasteiger partial charge in [-0.2, -0.15) is 0 Å². The maximum absolute atomic E-state index is 14.7. The molecule has 0 unspecified atom stereocenters. The van der Waals surface area contributed by atoms with Crippen molar-refractivity contribution in [2.45, 2.75) is 32.5 Å². The van der Waals surface area contributed by atoms with Crippen LogP contribution in [-0.2, 0) is 9.47 Å². The Morgan fingerprint density at radius 1 is 1.15 bits per heavy atom. The van der Waals surface area contributed by atoms with E-state index in [9.17, 15) is 9.18 Å². The molecule has 0 spiro atoms. The van der Waals surface area contributed by atoms with Crippen molar-refractivity contribution in [2.24, 2.45) is 4.99 Å². The van der Waals surface area contributed by atoms with Gasteiger partial charge in [0.05, 0.1) is 37.7 Å². The summed E-state index contributed by atoms with van der Waals surface area (Å²) in [4.78, 5) is 20.2. The van der Waals surface area contributed by atoms with Crippen molar-refractivity contribution in [3.05, 3.63) is 53.8 Å². The summed E-state index contributed by atoms with van der Waals surface area (Å²) in [5.74, 6) is 0.439. The molecule has 2 aromatic carbocycles. The molecular formula is C25H30FN3O4. The second kappa shape index (κ2) is 9.79. The van der Waals surface area contributed by atoms with E-state index in [0.717, 1.165) is 11.3 Å². The number of rotatable bonds is 6. The second-order valence-corrected chi connectivity index (χ2v) is 9.13. The van der Waals surface area contributed by atoms with Crippen LogP contribution in [-0.4, -0.2) is 63.4 Å². The van der Waals surface area contributed by atoms with Gasteiger partial charge in [-0.15, -0.1) is 0 Å². The molecule has 0 aromatic heterocycles. The van der Waals surface area contributed by atoms with Crippen molar-refractivity contribution in [2.75, 3.05) is 49.2 Å². The van der Waals surface area contributed by atoms with Crippen LogP contribution < -0.4 is 14.5 Å². The average molecular weight is 456 g/mol. The third-order valence-electron chi connectivity index (χ3n) is 5.32. The molecule has 2 aliphatic heterocycles. The van der Waals surface area contributed by atoms with Gasteiger partial charge in [-0.1, -0.05) is 0 Å². The summed E-state index contributed by atoms with van der Waals surface area (Å²) in [6.45, 7) is 9.11. The Bertz CT molecular complexity index is 998. The van der Waals surface area contributed by atoms with Crippen molar-refractivity contribution >= 4 is 23.7 Å². The monoisotopic (exact) mass is 455 g/mol. The van der Waals surface area contributed by atoms with Crippen LogP contribution in [0.25, 0.3) is 0 Å². The van der Waals surface area contributed by atoms with Gasteiger partial charge in [-0.05, 0) is 68.8 Å². The van der Waals surface area contributed by atoms with Gasteiger partial charge in [0.2, 0.25) is 0 Å². The van der Waals surface area contributed by atoms with E-state index in [4.69, 9.17) is 14.2 Å². The van der Waals surface area contributed by atoms with Crippen molar-refractivity contribution in [3.8, 4) is 5.75 Å². The number of morpholine rings is 1. The fourth-order valence-corrected chi connectivity index (χ4v) is 3.80. The van der Waals surface area contributed by atoms with Crippen LogP contribution in [0.1, 0.15) is 26.3 Å². The fraction of sp³-hybridized carbons (Fsp3) is 0.440. The zero-order valence-electron chi connectivity index (χ0n) is 19.3. The molecule has 8 heteroatoms. The van der Waals surface area contributed by atoms with Crippen molar-refractivity contribution in [1.29, 1.82) is 0 Å². The number of carbonyl (C=O) groups is 1. The highest BCUT2D eigenvalue weighted by Crippen LogP contribution is 2.28. The highest BCUT2D eigenvalue weighted by molar-refractivity contribution is 5.90. The van der Waals surface area contributed by atoms with Crippen molar-refractivity contribution in [3.63, 3.8) is 0 Å². The molecule has 2 fully saturated rings. The summed E-state index contributed by atoms with van der Waals surface area (Å²) in [5.41, 5.74) is 1.68. The summed E-state index contributed by atoms with van der Waals surface area (Å²) < 4.78 is 31.3. The minimum atomic E-state index is -0.489. The van der Waals surface area contributed by atoms with Crippen LogP contribution in [0.15, 0.2) is 47.5 Å². The van der Waals surface area contributed by atoms with Crippen LogP contribution >= 0.6 is 0 Å². The Hall–Kier alpha value is -3.13. The van der Waals surface area contributed by atoms with Crippen molar-refractivity contribution < 1.29 is 23.4 Å². The van der Waals surface area contributed by atoms with E-state index < -0.39 is 6.09 Å². The molecule has 4 rings (SSSR count). The minimum Gasteiger partial charge on any atom is -0.488 e. The molecule has 7 nitrogen and oxygen atoms in total. The maximum atomic E-state index is 14.7. The van der Waals surface area contributed by atoms with Gasteiger partial charge in [0.15, 0.2) is 0 Å². The Morgan fingerprint density at radius 2 is 1.88 bits per heavy atom. The standard InChI is InChI=1S/C25H30FN3O4/c1-25(2,3)33-20-7-4-18(5-8-20)15-27-16-21-17-29(24(30)32-21)19-6-9-23(22(26)14-19)28-10-12-31-13-11-28/h4-9,14-15,21H,10-13,16-17H2,1-3H3/t21-/m0/s1. The molecule has 0 aliphatic carbocycles. The molecular weight excluding hydrogens is 425 g/mol. The van der Waals surface area contributed by atoms with E-state index in [2.05, 4.69) is 4.99 Å². The number of hydrogen-bond acceptors (Lipinski definition) is 6. The molecule has 1 amide bonds. The minimum absolute atomic E-state index is 0.250. The fourth-order valence-electron chi connectivity index (χ4n) is 3.80. The van der Waals surface area contributed by atoms with Gasteiger partial charge in [0.1, 0.15) is 23.3 Å². The van der Waals surface area contributed by atoms with E-state index in [1.54, 1.807) is 18.3 Å². The number of nitrogens with zero attached hydrogens (tertiary/aromatic N) is 3. The van der Waals surface area contributed by atoms with Gasteiger partial charge in [0, 0.05) is 19.3 Å². The number of amides is 1. The number of anilines is 2. The highest BCUT2D eigenvalue weighted by Gasteiger charge is 2.32. The maximum Gasteiger partial charge on any atom is 0.414 e. The van der Waals surface area contributed by atoms with Crippen LogP contribution in [0.3, 0.4) is 0 Å². The third kappa shape index (κ3) is 6.01. The highest BCUT2D eigenvalue weighted by atomic mass is 19.1. The quantitative estimate of drug-likeness (QED) is 0.609. The molecule has 1 atom stereocenters. The van der Waals surface area contributed by atoms with Crippen LogP contribution in [0.5, 0.6) is 5.75 Å². The van der Waals surface area contributed by atoms with Gasteiger partial charge < -0.3 is 19.1 Å². The molecule has 33 heavy (non-hydrogen) atoms. The topological polar surface area (TPSA) is 63.6 Å². The smallest absolute Gasteiger partial charge is 0.414 e. The predicted molar refractivity (Wildman–Crippen MR) is 126 cm³/mol. The molecule has 2 saturated heterocycles. The number of carbonyl (C=O) groups excluding carboxylic acids is 1.